The first-order valence-electron chi connectivity index (χ1n) is 8.28. The average molecular weight is 375 g/mol. The van der Waals surface area contributed by atoms with Gasteiger partial charge in [0.1, 0.15) is 0 Å². The number of nitrogens with one attached hydrogen (secondary N) is 2. The van der Waals surface area contributed by atoms with Crippen LogP contribution in [0.15, 0.2) is 36.5 Å². The normalized spacial score (nSPS) is 13.9. The van der Waals surface area contributed by atoms with Crippen LogP contribution < -0.4 is 20.3 Å². The zero-order valence-corrected chi connectivity index (χ0v) is 15.0. The number of amides is 2. The second-order valence-electron chi connectivity index (χ2n) is 5.71. The van der Waals surface area contributed by atoms with Crippen molar-refractivity contribution in [3.05, 3.63) is 47.1 Å². The predicted octanol–water partition coefficient (Wildman–Crippen LogP) is 2.32. The monoisotopic (exact) mass is 374 g/mol. The van der Waals surface area contributed by atoms with Crippen LogP contribution in [0, 0.1) is 0 Å². The summed E-state index contributed by atoms with van der Waals surface area (Å²) >= 11 is 6.34. The van der Waals surface area contributed by atoms with Crippen LogP contribution in [0.1, 0.15) is 17.3 Å². The molecule has 1 fully saturated rings. The minimum atomic E-state index is -0.290. The Morgan fingerprint density at radius 1 is 1.38 bits per heavy atom. The molecule has 2 aromatic rings. The van der Waals surface area contributed by atoms with Crippen molar-refractivity contribution in [1.82, 2.24) is 10.3 Å². The molecule has 3 rings (SSSR count). The fourth-order valence-electron chi connectivity index (χ4n) is 2.64. The van der Waals surface area contributed by atoms with Crippen molar-refractivity contribution >= 4 is 34.8 Å². The Kier molecular flexibility index (Phi) is 5.58. The van der Waals surface area contributed by atoms with Crippen LogP contribution in [0.3, 0.4) is 0 Å². The Morgan fingerprint density at radius 3 is 2.88 bits per heavy atom. The summed E-state index contributed by atoms with van der Waals surface area (Å²) in [6, 6.07) is 8.52. The SMILES string of the molecule is CCOc1ccc(C(=O)Nc2ccc(N3CCNC(=O)C3)c(Cl)c2)cn1. The average Bonchev–Trinajstić information content (AvgIpc) is 2.62. The van der Waals surface area contributed by atoms with Gasteiger partial charge in [0.2, 0.25) is 11.8 Å². The van der Waals surface area contributed by atoms with Crippen LogP contribution in [-0.4, -0.2) is 43.0 Å². The zero-order valence-electron chi connectivity index (χ0n) is 14.3. The van der Waals surface area contributed by atoms with Crippen molar-refractivity contribution in [2.75, 3.05) is 36.5 Å². The molecule has 0 unspecified atom stereocenters. The smallest absolute Gasteiger partial charge is 0.257 e. The van der Waals surface area contributed by atoms with Gasteiger partial charge in [-0.25, -0.2) is 4.98 Å². The number of aromatic nitrogens is 1. The third-order valence-corrected chi connectivity index (χ3v) is 4.18. The number of piperazine rings is 1. The first-order valence-corrected chi connectivity index (χ1v) is 8.66. The Hall–Kier alpha value is -2.80. The van der Waals surface area contributed by atoms with Gasteiger partial charge >= 0.3 is 0 Å². The summed E-state index contributed by atoms with van der Waals surface area (Å²) in [5.41, 5.74) is 1.75. The minimum absolute atomic E-state index is 0.0345. The number of rotatable bonds is 5. The molecule has 1 aliphatic heterocycles. The maximum absolute atomic E-state index is 12.3. The predicted molar refractivity (Wildman–Crippen MR) is 100 cm³/mol. The summed E-state index contributed by atoms with van der Waals surface area (Å²) in [4.78, 5) is 29.8. The Bertz CT molecular complexity index is 811. The molecular formula is C18H19ClN4O3. The van der Waals surface area contributed by atoms with E-state index >= 15 is 0 Å². The van der Waals surface area contributed by atoms with E-state index < -0.39 is 0 Å². The van der Waals surface area contributed by atoms with Crippen LogP contribution in [0.25, 0.3) is 0 Å². The number of benzene rings is 1. The second kappa shape index (κ2) is 8.05. The van der Waals surface area contributed by atoms with E-state index in [-0.39, 0.29) is 18.4 Å². The number of pyridine rings is 1. The van der Waals surface area contributed by atoms with E-state index in [1.54, 1.807) is 30.3 Å². The molecule has 2 amide bonds. The molecule has 26 heavy (non-hydrogen) atoms. The van der Waals surface area contributed by atoms with Crippen molar-refractivity contribution in [1.29, 1.82) is 0 Å². The molecule has 0 bridgehead atoms. The van der Waals surface area contributed by atoms with Crippen LogP contribution >= 0.6 is 11.6 Å². The van der Waals surface area contributed by atoms with Gasteiger partial charge in [-0.05, 0) is 31.2 Å². The van der Waals surface area contributed by atoms with Gasteiger partial charge in [0.25, 0.3) is 5.91 Å². The van der Waals surface area contributed by atoms with E-state index in [1.165, 1.54) is 6.20 Å². The minimum Gasteiger partial charge on any atom is -0.478 e. The van der Waals surface area contributed by atoms with E-state index in [2.05, 4.69) is 15.6 Å². The molecule has 1 saturated heterocycles. The summed E-state index contributed by atoms with van der Waals surface area (Å²) in [7, 11) is 0. The van der Waals surface area contributed by atoms with E-state index in [0.29, 0.717) is 41.8 Å². The van der Waals surface area contributed by atoms with E-state index in [4.69, 9.17) is 16.3 Å². The molecule has 0 atom stereocenters. The van der Waals surface area contributed by atoms with E-state index in [9.17, 15) is 9.59 Å². The third kappa shape index (κ3) is 4.23. The van der Waals surface area contributed by atoms with Gasteiger partial charge < -0.3 is 20.3 Å². The zero-order chi connectivity index (χ0) is 18.5. The Labute approximate surface area is 156 Å². The van der Waals surface area contributed by atoms with Gasteiger partial charge in [-0.1, -0.05) is 11.6 Å². The molecule has 1 aromatic carbocycles. The number of nitrogens with zero attached hydrogens (tertiary/aromatic N) is 2. The van der Waals surface area contributed by atoms with Crippen LogP contribution in [0.4, 0.5) is 11.4 Å². The fourth-order valence-corrected chi connectivity index (χ4v) is 2.94. The molecule has 0 aliphatic carbocycles. The molecule has 8 heteroatoms. The molecule has 1 aromatic heterocycles. The van der Waals surface area contributed by atoms with Gasteiger partial charge in [0.05, 0.1) is 29.4 Å². The lowest BCUT2D eigenvalue weighted by Gasteiger charge is -2.29. The van der Waals surface area contributed by atoms with Crippen LogP contribution in [0.2, 0.25) is 5.02 Å². The topological polar surface area (TPSA) is 83.6 Å². The van der Waals surface area contributed by atoms with Crippen molar-refractivity contribution in [3.63, 3.8) is 0 Å². The number of carbonyl (C=O) groups excluding carboxylic acids is 2. The second-order valence-corrected chi connectivity index (χ2v) is 6.12. The standard InChI is InChI=1S/C18H19ClN4O3/c1-2-26-17-6-3-12(10-21-17)18(25)22-13-4-5-15(14(19)9-13)23-8-7-20-16(24)11-23/h3-6,9-10H,2,7-8,11H2,1H3,(H,20,24)(H,22,25). The van der Waals surface area contributed by atoms with E-state index in [0.717, 1.165) is 5.69 Å². The van der Waals surface area contributed by atoms with Crippen molar-refractivity contribution in [2.24, 2.45) is 0 Å². The Morgan fingerprint density at radius 2 is 2.23 bits per heavy atom. The number of hydrogen-bond acceptors (Lipinski definition) is 5. The molecule has 2 N–H and O–H groups in total. The number of anilines is 2. The quantitative estimate of drug-likeness (QED) is 0.839. The van der Waals surface area contributed by atoms with Gasteiger partial charge in [-0.15, -0.1) is 0 Å². The number of halogens is 1. The fraction of sp³-hybridized carbons (Fsp3) is 0.278. The van der Waals surface area contributed by atoms with Crippen molar-refractivity contribution < 1.29 is 14.3 Å². The van der Waals surface area contributed by atoms with Gasteiger partial charge in [-0.3, -0.25) is 9.59 Å². The maximum atomic E-state index is 12.3. The van der Waals surface area contributed by atoms with E-state index in [1.807, 2.05) is 11.8 Å². The summed E-state index contributed by atoms with van der Waals surface area (Å²) in [5, 5.41) is 6.03. The highest BCUT2D eigenvalue weighted by atomic mass is 35.5. The Balaban J connectivity index is 1.69. The molecule has 0 spiro atoms. The maximum Gasteiger partial charge on any atom is 0.257 e. The lowest BCUT2D eigenvalue weighted by atomic mass is 10.2. The molecule has 0 saturated carbocycles. The van der Waals surface area contributed by atoms with Gasteiger partial charge in [-0.2, -0.15) is 0 Å². The molecule has 2 heterocycles. The lowest BCUT2D eigenvalue weighted by molar-refractivity contribution is -0.120. The van der Waals surface area contributed by atoms with Crippen LogP contribution in [-0.2, 0) is 4.79 Å². The van der Waals surface area contributed by atoms with Crippen molar-refractivity contribution in [3.8, 4) is 5.88 Å². The van der Waals surface area contributed by atoms with Gasteiger partial charge in [0.15, 0.2) is 0 Å². The highest BCUT2D eigenvalue weighted by Gasteiger charge is 2.19. The van der Waals surface area contributed by atoms with Gasteiger partial charge in [0, 0.05) is 31.0 Å². The summed E-state index contributed by atoms with van der Waals surface area (Å²) < 4.78 is 5.26. The third-order valence-electron chi connectivity index (χ3n) is 3.88. The first kappa shape index (κ1) is 18.0. The molecule has 136 valence electrons. The number of carbonyl (C=O) groups is 2. The first-order chi connectivity index (χ1) is 12.6. The molecular weight excluding hydrogens is 356 g/mol. The molecule has 1 aliphatic rings. The lowest BCUT2D eigenvalue weighted by Crippen LogP contribution is -2.47. The van der Waals surface area contributed by atoms with Crippen LogP contribution in [0.5, 0.6) is 5.88 Å². The summed E-state index contributed by atoms with van der Waals surface area (Å²) in [5.74, 6) is 0.149. The highest BCUT2D eigenvalue weighted by molar-refractivity contribution is 6.33. The molecule has 7 nitrogen and oxygen atoms in total. The van der Waals surface area contributed by atoms with Crippen molar-refractivity contribution in [2.45, 2.75) is 6.92 Å². The number of hydrogen-bond donors (Lipinski definition) is 2. The largest absolute Gasteiger partial charge is 0.478 e. The highest BCUT2D eigenvalue weighted by Crippen LogP contribution is 2.29. The number of ether oxygens (including phenoxy) is 1. The summed E-state index contributed by atoms with van der Waals surface area (Å²) in [6.07, 6.45) is 1.46. The molecule has 0 radical (unpaired) electrons. The summed E-state index contributed by atoms with van der Waals surface area (Å²) in [6.45, 7) is 3.92.